The zero-order valence-corrected chi connectivity index (χ0v) is 15.2. The van der Waals surface area contributed by atoms with Crippen LogP contribution in [0.2, 0.25) is 0 Å². The number of aromatic amines is 1. The number of amides is 1. The molecule has 4 rings (SSSR count). The number of aliphatic hydroxyl groups is 1. The monoisotopic (exact) mass is 364 g/mol. The van der Waals surface area contributed by atoms with Crippen molar-refractivity contribution in [1.82, 2.24) is 10.3 Å². The fraction of sp³-hybridized carbons (Fsp3) is 0.318. The second-order valence-corrected chi connectivity index (χ2v) is 7.21. The first-order chi connectivity index (χ1) is 13.2. The summed E-state index contributed by atoms with van der Waals surface area (Å²) in [5.41, 5.74) is 2.52. The van der Waals surface area contributed by atoms with Crippen molar-refractivity contribution in [1.29, 1.82) is 0 Å². The molecule has 2 aromatic carbocycles. The predicted octanol–water partition coefficient (Wildman–Crippen LogP) is 3.64. The Morgan fingerprint density at radius 2 is 2.00 bits per heavy atom. The molecule has 3 N–H and O–H groups in total. The average Bonchev–Trinajstić information content (AvgIpc) is 3.34. The van der Waals surface area contributed by atoms with Crippen molar-refractivity contribution in [3.63, 3.8) is 0 Å². The summed E-state index contributed by atoms with van der Waals surface area (Å²) in [6.45, 7) is 0.679. The molecular formula is C22H24N2O3. The molecule has 1 heterocycles. The second-order valence-electron chi connectivity index (χ2n) is 7.21. The molecule has 1 aromatic heterocycles. The van der Waals surface area contributed by atoms with Crippen LogP contribution in [-0.4, -0.2) is 28.6 Å². The summed E-state index contributed by atoms with van der Waals surface area (Å²) < 4.78 is 5.98. The van der Waals surface area contributed by atoms with Gasteiger partial charge in [-0.05, 0) is 48.9 Å². The van der Waals surface area contributed by atoms with Gasteiger partial charge in [0.05, 0.1) is 0 Å². The van der Waals surface area contributed by atoms with Gasteiger partial charge in [-0.15, -0.1) is 0 Å². The Labute approximate surface area is 158 Å². The van der Waals surface area contributed by atoms with Crippen LogP contribution in [0.3, 0.4) is 0 Å². The quantitative estimate of drug-likeness (QED) is 0.625. The minimum Gasteiger partial charge on any atom is -0.488 e. The summed E-state index contributed by atoms with van der Waals surface area (Å²) in [6.07, 6.45) is 2.72. The van der Waals surface area contributed by atoms with Gasteiger partial charge in [-0.2, -0.15) is 0 Å². The van der Waals surface area contributed by atoms with Crippen LogP contribution in [0.25, 0.3) is 10.9 Å². The Bertz CT molecular complexity index is 920. The summed E-state index contributed by atoms with van der Waals surface area (Å²) in [5.74, 6) is 0.952. The first kappa shape index (κ1) is 17.6. The molecule has 2 atom stereocenters. The number of hydrogen-bond donors (Lipinski definition) is 3. The zero-order chi connectivity index (χ0) is 18.6. The van der Waals surface area contributed by atoms with Gasteiger partial charge in [0.15, 0.2) is 0 Å². The maximum absolute atomic E-state index is 12.6. The van der Waals surface area contributed by atoms with E-state index in [-0.39, 0.29) is 18.6 Å². The number of aromatic nitrogens is 1. The lowest BCUT2D eigenvalue weighted by molar-refractivity contribution is 0.0931. The van der Waals surface area contributed by atoms with E-state index in [1.165, 1.54) is 0 Å². The normalized spacial score (nSPS) is 19.3. The van der Waals surface area contributed by atoms with E-state index < -0.39 is 0 Å². The second kappa shape index (κ2) is 7.84. The number of nitrogens with one attached hydrogen (secondary N) is 2. The van der Waals surface area contributed by atoms with Crippen molar-refractivity contribution in [2.45, 2.75) is 31.9 Å². The third kappa shape index (κ3) is 3.98. The maximum atomic E-state index is 12.6. The van der Waals surface area contributed by atoms with Crippen LogP contribution in [0, 0.1) is 5.92 Å². The lowest BCUT2D eigenvalue weighted by Gasteiger charge is -2.11. The van der Waals surface area contributed by atoms with Crippen LogP contribution in [-0.2, 0) is 6.61 Å². The average molecular weight is 364 g/mol. The lowest BCUT2D eigenvalue weighted by Crippen LogP contribution is -2.33. The van der Waals surface area contributed by atoms with Gasteiger partial charge in [0, 0.05) is 23.6 Å². The molecule has 27 heavy (non-hydrogen) atoms. The minimum atomic E-state index is -0.108. The Balaban J connectivity index is 1.48. The Hall–Kier alpha value is -2.79. The summed E-state index contributed by atoms with van der Waals surface area (Å²) in [7, 11) is 0. The number of fused-ring (bicyclic) bond motifs is 1. The summed E-state index contributed by atoms with van der Waals surface area (Å²) in [4.78, 5) is 15.8. The summed E-state index contributed by atoms with van der Waals surface area (Å²) in [5, 5.41) is 13.2. The fourth-order valence-electron chi connectivity index (χ4n) is 3.75. The van der Waals surface area contributed by atoms with E-state index in [0.29, 0.717) is 18.2 Å². The molecule has 1 amide bonds. The van der Waals surface area contributed by atoms with Gasteiger partial charge >= 0.3 is 0 Å². The van der Waals surface area contributed by atoms with Crippen LogP contribution in [0.15, 0.2) is 54.6 Å². The molecule has 1 fully saturated rings. The molecule has 0 radical (unpaired) electrons. The van der Waals surface area contributed by atoms with Crippen molar-refractivity contribution in [2.24, 2.45) is 5.92 Å². The Kier molecular flexibility index (Phi) is 5.12. The van der Waals surface area contributed by atoms with E-state index in [1.54, 1.807) is 0 Å². The summed E-state index contributed by atoms with van der Waals surface area (Å²) >= 11 is 0. The molecule has 0 bridgehead atoms. The maximum Gasteiger partial charge on any atom is 0.267 e. The predicted molar refractivity (Wildman–Crippen MR) is 105 cm³/mol. The van der Waals surface area contributed by atoms with Crippen molar-refractivity contribution in [2.75, 3.05) is 6.61 Å². The highest BCUT2D eigenvalue weighted by Gasteiger charge is 2.26. The van der Waals surface area contributed by atoms with E-state index in [4.69, 9.17) is 4.74 Å². The lowest BCUT2D eigenvalue weighted by atomic mass is 10.1. The van der Waals surface area contributed by atoms with Crippen molar-refractivity contribution >= 4 is 16.8 Å². The van der Waals surface area contributed by atoms with E-state index in [0.717, 1.165) is 41.5 Å². The topological polar surface area (TPSA) is 74.3 Å². The van der Waals surface area contributed by atoms with Crippen molar-refractivity contribution in [3.8, 4) is 5.75 Å². The smallest absolute Gasteiger partial charge is 0.267 e. The highest BCUT2D eigenvalue weighted by Crippen LogP contribution is 2.28. The van der Waals surface area contributed by atoms with Gasteiger partial charge in [0.1, 0.15) is 18.1 Å². The number of aliphatic hydroxyl groups excluding tert-OH is 1. The molecule has 140 valence electrons. The molecule has 0 spiro atoms. The molecule has 0 aliphatic heterocycles. The van der Waals surface area contributed by atoms with Crippen molar-refractivity contribution in [3.05, 3.63) is 65.9 Å². The molecule has 1 saturated carbocycles. The van der Waals surface area contributed by atoms with Crippen LogP contribution in [0.1, 0.15) is 35.3 Å². The SMILES string of the molecule is O=C(NC1CCC(CO)C1)c1cc2c(OCc3ccccc3)cccc2[nH]1. The van der Waals surface area contributed by atoms with Crippen LogP contribution < -0.4 is 10.1 Å². The third-order valence-corrected chi connectivity index (χ3v) is 5.24. The van der Waals surface area contributed by atoms with Gasteiger partial charge in [-0.1, -0.05) is 36.4 Å². The van der Waals surface area contributed by atoms with Gasteiger partial charge in [-0.3, -0.25) is 4.79 Å². The standard InChI is InChI=1S/C22H24N2O3/c25-13-16-9-10-17(11-16)23-22(26)20-12-18-19(24-20)7-4-8-21(18)27-14-15-5-2-1-3-6-15/h1-8,12,16-17,24-25H,9-11,13-14H2,(H,23,26). The first-order valence-electron chi connectivity index (χ1n) is 9.43. The minimum absolute atomic E-state index is 0.108. The Morgan fingerprint density at radius 1 is 1.15 bits per heavy atom. The molecular weight excluding hydrogens is 340 g/mol. The molecule has 1 aliphatic carbocycles. The van der Waals surface area contributed by atoms with Gasteiger partial charge < -0.3 is 20.1 Å². The third-order valence-electron chi connectivity index (χ3n) is 5.24. The number of H-pyrrole nitrogens is 1. The highest BCUT2D eigenvalue weighted by molar-refractivity contribution is 5.99. The van der Waals surface area contributed by atoms with Gasteiger partial charge in [-0.25, -0.2) is 0 Å². The largest absolute Gasteiger partial charge is 0.488 e. The molecule has 2 unspecified atom stereocenters. The number of carbonyl (C=O) groups excluding carboxylic acids is 1. The Morgan fingerprint density at radius 3 is 2.78 bits per heavy atom. The zero-order valence-electron chi connectivity index (χ0n) is 15.2. The first-order valence-corrected chi connectivity index (χ1v) is 9.43. The fourth-order valence-corrected chi connectivity index (χ4v) is 3.75. The molecule has 0 saturated heterocycles. The van der Waals surface area contributed by atoms with Gasteiger partial charge in [0.2, 0.25) is 0 Å². The van der Waals surface area contributed by atoms with E-state index in [1.807, 2.05) is 54.6 Å². The van der Waals surface area contributed by atoms with Crippen LogP contribution in [0.4, 0.5) is 0 Å². The molecule has 5 heteroatoms. The number of rotatable bonds is 6. The van der Waals surface area contributed by atoms with E-state index in [2.05, 4.69) is 10.3 Å². The van der Waals surface area contributed by atoms with E-state index in [9.17, 15) is 9.90 Å². The molecule has 5 nitrogen and oxygen atoms in total. The number of carbonyl (C=O) groups is 1. The number of benzene rings is 2. The highest BCUT2D eigenvalue weighted by atomic mass is 16.5. The van der Waals surface area contributed by atoms with Crippen LogP contribution >= 0.6 is 0 Å². The van der Waals surface area contributed by atoms with E-state index >= 15 is 0 Å². The molecule has 1 aliphatic rings. The van der Waals surface area contributed by atoms with Crippen LogP contribution in [0.5, 0.6) is 5.75 Å². The van der Waals surface area contributed by atoms with Crippen molar-refractivity contribution < 1.29 is 14.6 Å². The molecule has 3 aromatic rings. The van der Waals surface area contributed by atoms with Gasteiger partial charge in [0.25, 0.3) is 5.91 Å². The number of ether oxygens (including phenoxy) is 1. The summed E-state index contributed by atoms with van der Waals surface area (Å²) in [6, 6.07) is 17.8. The number of hydrogen-bond acceptors (Lipinski definition) is 3.